The SMILES string of the molecule is CC(=O)[C@@H]1C[C@@H](Oc2nccc3c4c(ccc23)OC(F)(F)O4)CN1C(=O)[C@@H](NC(=O)OC(C)(C)C)C(C)(C)C. The molecule has 1 fully saturated rings. The quantitative estimate of drug-likeness (QED) is 0.582. The zero-order valence-corrected chi connectivity index (χ0v) is 23.0. The maximum atomic E-state index is 13.7. The fraction of sp³-hybridized carbons (Fsp3) is 0.556. The van der Waals surface area contributed by atoms with Crippen LogP contribution in [0.25, 0.3) is 10.8 Å². The fourth-order valence-electron chi connectivity index (χ4n) is 4.64. The monoisotopic (exact) mass is 549 g/mol. The van der Waals surface area contributed by atoms with Crippen LogP contribution in [0.1, 0.15) is 54.9 Å². The van der Waals surface area contributed by atoms with Crippen LogP contribution in [0.15, 0.2) is 24.4 Å². The first-order valence-corrected chi connectivity index (χ1v) is 12.6. The second kappa shape index (κ2) is 9.80. The molecule has 10 nitrogen and oxygen atoms in total. The first kappa shape index (κ1) is 28.3. The number of carbonyl (C=O) groups is 3. The van der Waals surface area contributed by atoms with Crippen LogP contribution in [0, 0.1) is 5.41 Å². The van der Waals surface area contributed by atoms with E-state index in [9.17, 15) is 23.2 Å². The Morgan fingerprint density at radius 1 is 1.10 bits per heavy atom. The molecule has 12 heteroatoms. The highest BCUT2D eigenvalue weighted by atomic mass is 19.3. The highest BCUT2D eigenvalue weighted by Crippen LogP contribution is 2.47. The molecule has 1 saturated heterocycles. The molecular weight excluding hydrogens is 516 g/mol. The van der Waals surface area contributed by atoms with Crippen LogP contribution in [0.3, 0.4) is 0 Å². The van der Waals surface area contributed by atoms with E-state index in [1.807, 2.05) is 0 Å². The third kappa shape index (κ3) is 6.15. The smallest absolute Gasteiger partial charge is 0.472 e. The number of halogens is 2. The number of alkyl halides is 2. The highest BCUT2D eigenvalue weighted by Gasteiger charge is 2.46. The Morgan fingerprint density at radius 3 is 2.41 bits per heavy atom. The predicted molar refractivity (Wildman–Crippen MR) is 136 cm³/mol. The van der Waals surface area contributed by atoms with E-state index in [4.69, 9.17) is 9.47 Å². The summed E-state index contributed by atoms with van der Waals surface area (Å²) in [5.74, 6) is -0.789. The number of pyridine rings is 1. The highest BCUT2D eigenvalue weighted by molar-refractivity contribution is 5.95. The lowest BCUT2D eigenvalue weighted by Gasteiger charge is -2.35. The third-order valence-electron chi connectivity index (χ3n) is 6.34. The summed E-state index contributed by atoms with van der Waals surface area (Å²) in [5, 5.41) is 3.39. The molecule has 3 atom stereocenters. The van der Waals surface area contributed by atoms with Gasteiger partial charge in [0.1, 0.15) is 17.7 Å². The Labute approximate surface area is 224 Å². The van der Waals surface area contributed by atoms with Crippen molar-refractivity contribution >= 4 is 28.6 Å². The van der Waals surface area contributed by atoms with Gasteiger partial charge in [0, 0.05) is 23.4 Å². The van der Waals surface area contributed by atoms with Gasteiger partial charge in [-0.3, -0.25) is 9.59 Å². The number of Topliss-reactive ketones (excluding diaryl/α,β-unsaturated/α-hetero) is 1. The molecule has 1 N–H and O–H groups in total. The molecule has 2 aromatic rings. The molecule has 2 aliphatic rings. The number of ketones is 1. The van der Waals surface area contributed by atoms with Crippen molar-refractivity contribution in [2.24, 2.45) is 5.41 Å². The molecule has 39 heavy (non-hydrogen) atoms. The van der Waals surface area contributed by atoms with Crippen LogP contribution >= 0.6 is 0 Å². The lowest BCUT2D eigenvalue weighted by molar-refractivity contribution is -0.286. The second-order valence-corrected chi connectivity index (χ2v) is 11.8. The molecule has 2 amide bonds. The van der Waals surface area contributed by atoms with Crippen LogP contribution < -0.4 is 19.5 Å². The van der Waals surface area contributed by atoms with Crippen molar-refractivity contribution in [3.8, 4) is 17.4 Å². The summed E-state index contributed by atoms with van der Waals surface area (Å²) in [6.45, 7) is 12.0. The molecule has 0 spiro atoms. The number of amides is 2. The summed E-state index contributed by atoms with van der Waals surface area (Å²) in [6, 6.07) is 2.60. The number of fused-ring (bicyclic) bond motifs is 3. The second-order valence-electron chi connectivity index (χ2n) is 11.8. The van der Waals surface area contributed by atoms with E-state index in [0.29, 0.717) is 10.8 Å². The van der Waals surface area contributed by atoms with Gasteiger partial charge in [-0.05, 0) is 51.3 Å². The predicted octanol–water partition coefficient (Wildman–Crippen LogP) is 4.43. The van der Waals surface area contributed by atoms with E-state index in [1.165, 1.54) is 36.2 Å². The lowest BCUT2D eigenvalue weighted by Crippen LogP contribution is -2.57. The van der Waals surface area contributed by atoms with Gasteiger partial charge in [-0.2, -0.15) is 0 Å². The number of hydrogen-bond acceptors (Lipinski definition) is 8. The van der Waals surface area contributed by atoms with Crippen LogP contribution in [-0.4, -0.2) is 64.3 Å². The average Bonchev–Trinajstić information content (AvgIpc) is 3.35. The van der Waals surface area contributed by atoms with Crippen LogP contribution in [0.5, 0.6) is 17.4 Å². The van der Waals surface area contributed by atoms with E-state index >= 15 is 0 Å². The number of rotatable bonds is 5. The molecular formula is C27H33F2N3O7. The summed E-state index contributed by atoms with van der Waals surface area (Å²) in [7, 11) is 0. The minimum atomic E-state index is -3.78. The molecule has 1 aromatic heterocycles. The first-order valence-electron chi connectivity index (χ1n) is 12.6. The Hall–Kier alpha value is -3.70. The Bertz CT molecular complexity index is 1300. The average molecular weight is 550 g/mol. The number of aromatic nitrogens is 1. The number of hydrogen-bond donors (Lipinski definition) is 1. The molecule has 0 aliphatic carbocycles. The van der Waals surface area contributed by atoms with E-state index in [-0.39, 0.29) is 36.1 Å². The van der Waals surface area contributed by atoms with Gasteiger partial charge < -0.3 is 29.2 Å². The van der Waals surface area contributed by atoms with Crippen LogP contribution in [-0.2, 0) is 14.3 Å². The first-order chi connectivity index (χ1) is 17.9. The van der Waals surface area contributed by atoms with Crippen LogP contribution in [0.4, 0.5) is 13.6 Å². The van der Waals surface area contributed by atoms with E-state index < -0.39 is 47.5 Å². The van der Waals surface area contributed by atoms with E-state index in [1.54, 1.807) is 41.5 Å². The Morgan fingerprint density at radius 2 is 1.79 bits per heavy atom. The molecule has 0 saturated carbocycles. The van der Waals surface area contributed by atoms with Crippen LogP contribution in [0.2, 0.25) is 0 Å². The van der Waals surface area contributed by atoms with Crippen molar-refractivity contribution < 1.29 is 42.1 Å². The van der Waals surface area contributed by atoms with Crippen molar-refractivity contribution in [3.63, 3.8) is 0 Å². The standard InChI is InChI=1S/C27H33F2N3O7/c1-14(33)18-12-15(13-32(18)23(34)21(25(2,3)4)31-24(35)39-26(5,6)7)36-22-17-8-9-19-20(16(17)10-11-30-22)38-27(28,29)37-19/h8-11,15,18,21H,12-13H2,1-7H3,(H,31,35)/t15-,18+,21-/m1/s1. The largest absolute Gasteiger partial charge is 0.586 e. The normalized spacial score (nSPS) is 21.0. The van der Waals surface area contributed by atoms with Gasteiger partial charge in [-0.1, -0.05) is 20.8 Å². The van der Waals surface area contributed by atoms with Crippen molar-refractivity contribution in [1.29, 1.82) is 0 Å². The minimum absolute atomic E-state index is 0.0480. The van der Waals surface area contributed by atoms with E-state index in [2.05, 4.69) is 19.8 Å². The molecule has 3 heterocycles. The minimum Gasteiger partial charge on any atom is -0.472 e. The van der Waals surface area contributed by atoms with Gasteiger partial charge >= 0.3 is 12.4 Å². The maximum absolute atomic E-state index is 13.7. The molecule has 212 valence electrons. The Balaban J connectivity index is 1.57. The fourth-order valence-corrected chi connectivity index (χ4v) is 4.64. The van der Waals surface area contributed by atoms with Gasteiger partial charge in [0.2, 0.25) is 11.8 Å². The Kier molecular flexibility index (Phi) is 7.11. The zero-order chi connectivity index (χ0) is 28.9. The number of nitrogens with zero attached hydrogens (tertiary/aromatic N) is 2. The number of ether oxygens (including phenoxy) is 4. The molecule has 0 bridgehead atoms. The zero-order valence-electron chi connectivity index (χ0n) is 23.0. The number of likely N-dealkylation sites (tertiary alicyclic amines) is 1. The van der Waals surface area contributed by atoms with E-state index in [0.717, 1.165) is 0 Å². The van der Waals surface area contributed by atoms with Gasteiger partial charge in [-0.15, -0.1) is 8.78 Å². The summed E-state index contributed by atoms with van der Waals surface area (Å²) >= 11 is 0. The number of carbonyl (C=O) groups excluding carboxylic acids is 3. The summed E-state index contributed by atoms with van der Waals surface area (Å²) < 4.78 is 48.0. The topological polar surface area (TPSA) is 116 Å². The molecule has 0 radical (unpaired) electrons. The number of benzene rings is 1. The maximum Gasteiger partial charge on any atom is 0.586 e. The summed E-state index contributed by atoms with van der Waals surface area (Å²) in [5.41, 5.74) is -1.46. The van der Waals surface area contributed by atoms with Crippen molar-refractivity contribution in [2.75, 3.05) is 6.54 Å². The molecule has 1 aromatic carbocycles. The molecule has 4 rings (SSSR count). The van der Waals surface area contributed by atoms with Crippen molar-refractivity contribution in [3.05, 3.63) is 24.4 Å². The van der Waals surface area contributed by atoms with Gasteiger partial charge in [0.25, 0.3) is 0 Å². The number of nitrogens with one attached hydrogen (secondary N) is 1. The lowest BCUT2D eigenvalue weighted by atomic mass is 9.85. The summed E-state index contributed by atoms with van der Waals surface area (Å²) in [4.78, 5) is 44.5. The summed E-state index contributed by atoms with van der Waals surface area (Å²) in [6.07, 6.45) is -3.58. The number of alkyl carbamates (subject to hydrolysis) is 1. The molecule has 2 aliphatic heterocycles. The third-order valence-corrected chi connectivity index (χ3v) is 6.34. The van der Waals surface area contributed by atoms with Crippen molar-refractivity contribution in [1.82, 2.24) is 15.2 Å². The molecule has 0 unspecified atom stereocenters. The van der Waals surface area contributed by atoms with Crippen molar-refractivity contribution in [2.45, 2.75) is 85.0 Å². The van der Waals surface area contributed by atoms with Gasteiger partial charge in [-0.25, -0.2) is 9.78 Å². The van der Waals surface area contributed by atoms with Gasteiger partial charge in [0.15, 0.2) is 17.3 Å². The van der Waals surface area contributed by atoms with Gasteiger partial charge in [0.05, 0.1) is 12.6 Å².